The van der Waals surface area contributed by atoms with Crippen LogP contribution in [0, 0.1) is 0 Å². The Balaban J connectivity index is 1.92. The highest BCUT2D eigenvalue weighted by Crippen LogP contribution is 2.24. The summed E-state index contributed by atoms with van der Waals surface area (Å²) < 4.78 is 11.3. The molecule has 2 aromatic rings. The van der Waals surface area contributed by atoms with Crippen LogP contribution < -0.4 is 20.5 Å². The fourth-order valence-corrected chi connectivity index (χ4v) is 2.13. The zero-order valence-corrected chi connectivity index (χ0v) is 13.0. The number of nitrogens with two attached hydrogens (primary N) is 1. The molecule has 6 heteroatoms. The van der Waals surface area contributed by atoms with Crippen LogP contribution in [0.1, 0.15) is 0 Å². The lowest BCUT2D eigenvalue weighted by atomic mass is 10.3. The first-order chi connectivity index (χ1) is 10.1. The molecule has 1 amide bonds. The molecule has 5 nitrogen and oxygen atoms in total. The van der Waals surface area contributed by atoms with Crippen LogP contribution in [-0.4, -0.2) is 19.6 Å². The summed E-state index contributed by atoms with van der Waals surface area (Å²) in [6.07, 6.45) is 0. The molecule has 110 valence electrons. The SMILES string of the molecule is COc1cc(Br)cc(NC(=O)COc2ccc(N)cc2)c1. The third-order valence-electron chi connectivity index (χ3n) is 2.64. The van der Waals surface area contributed by atoms with E-state index in [1.807, 2.05) is 0 Å². The predicted molar refractivity (Wildman–Crippen MR) is 85.7 cm³/mol. The Kier molecular flexibility index (Phi) is 5.05. The van der Waals surface area contributed by atoms with Gasteiger partial charge in [-0.05, 0) is 36.4 Å². The third-order valence-corrected chi connectivity index (χ3v) is 3.10. The van der Waals surface area contributed by atoms with Gasteiger partial charge in [0.25, 0.3) is 5.91 Å². The Bertz CT molecular complexity index is 629. The molecule has 0 radical (unpaired) electrons. The molecule has 0 spiro atoms. The van der Waals surface area contributed by atoms with Crippen LogP contribution in [-0.2, 0) is 4.79 Å². The van der Waals surface area contributed by atoms with E-state index >= 15 is 0 Å². The Hall–Kier alpha value is -2.21. The number of benzene rings is 2. The minimum absolute atomic E-state index is 0.0846. The third kappa shape index (κ3) is 4.68. The Morgan fingerprint density at radius 1 is 1.19 bits per heavy atom. The zero-order valence-electron chi connectivity index (χ0n) is 11.4. The molecule has 0 saturated carbocycles. The molecule has 0 heterocycles. The van der Waals surface area contributed by atoms with Gasteiger partial charge in [0, 0.05) is 21.9 Å². The van der Waals surface area contributed by atoms with E-state index in [0.717, 1.165) is 4.47 Å². The van der Waals surface area contributed by atoms with Crippen molar-refractivity contribution in [3.05, 3.63) is 46.9 Å². The first-order valence-corrected chi connectivity index (χ1v) is 6.99. The van der Waals surface area contributed by atoms with Gasteiger partial charge >= 0.3 is 0 Å². The molecule has 0 bridgehead atoms. The van der Waals surface area contributed by atoms with Crippen LogP contribution in [0.2, 0.25) is 0 Å². The minimum atomic E-state index is -0.257. The van der Waals surface area contributed by atoms with Crippen molar-refractivity contribution in [2.24, 2.45) is 0 Å². The predicted octanol–water partition coefficient (Wildman–Crippen LogP) is 3.06. The summed E-state index contributed by atoms with van der Waals surface area (Å²) in [4.78, 5) is 11.8. The number of rotatable bonds is 5. The van der Waals surface area contributed by atoms with Crippen LogP contribution in [0.25, 0.3) is 0 Å². The maximum Gasteiger partial charge on any atom is 0.262 e. The van der Waals surface area contributed by atoms with Crippen molar-refractivity contribution in [1.82, 2.24) is 0 Å². The molecule has 0 saturated heterocycles. The number of amides is 1. The topological polar surface area (TPSA) is 73.6 Å². The molecule has 0 fully saturated rings. The Morgan fingerprint density at radius 3 is 2.57 bits per heavy atom. The Labute approximate surface area is 131 Å². The first-order valence-electron chi connectivity index (χ1n) is 6.19. The monoisotopic (exact) mass is 350 g/mol. The number of hydrogen-bond acceptors (Lipinski definition) is 4. The first kappa shape index (κ1) is 15.2. The molecule has 0 aliphatic heterocycles. The van der Waals surface area contributed by atoms with Crippen LogP contribution in [0.3, 0.4) is 0 Å². The molecular weight excluding hydrogens is 336 g/mol. The van der Waals surface area contributed by atoms with E-state index in [1.54, 1.807) is 49.6 Å². The quantitative estimate of drug-likeness (QED) is 0.812. The van der Waals surface area contributed by atoms with Crippen molar-refractivity contribution in [2.45, 2.75) is 0 Å². The van der Waals surface area contributed by atoms with E-state index in [9.17, 15) is 4.79 Å². The standard InChI is InChI=1S/C15H15BrN2O3/c1-20-14-7-10(16)6-12(8-14)18-15(19)9-21-13-4-2-11(17)3-5-13/h2-8H,9,17H2,1H3,(H,18,19). The average Bonchev–Trinajstić information content (AvgIpc) is 2.46. The van der Waals surface area contributed by atoms with Crippen molar-refractivity contribution in [3.63, 3.8) is 0 Å². The molecule has 2 rings (SSSR count). The molecule has 3 N–H and O–H groups in total. The summed E-state index contributed by atoms with van der Waals surface area (Å²) in [7, 11) is 1.57. The summed E-state index contributed by atoms with van der Waals surface area (Å²) in [6.45, 7) is -0.0846. The van der Waals surface area contributed by atoms with Crippen LogP contribution in [0.4, 0.5) is 11.4 Å². The average molecular weight is 351 g/mol. The molecule has 0 aliphatic carbocycles. The summed E-state index contributed by atoms with van der Waals surface area (Å²) >= 11 is 3.35. The van der Waals surface area contributed by atoms with Gasteiger partial charge in [0.05, 0.1) is 7.11 Å². The molecule has 0 unspecified atom stereocenters. The van der Waals surface area contributed by atoms with Gasteiger partial charge in [-0.1, -0.05) is 15.9 Å². The summed E-state index contributed by atoms with van der Waals surface area (Å²) in [5.41, 5.74) is 6.85. The van der Waals surface area contributed by atoms with Gasteiger partial charge in [0.2, 0.25) is 0 Å². The van der Waals surface area contributed by atoms with Crippen molar-refractivity contribution in [1.29, 1.82) is 0 Å². The minimum Gasteiger partial charge on any atom is -0.497 e. The van der Waals surface area contributed by atoms with E-state index in [4.69, 9.17) is 15.2 Å². The number of methoxy groups -OCH3 is 1. The second-order valence-electron chi connectivity index (χ2n) is 4.29. The smallest absolute Gasteiger partial charge is 0.262 e. The highest BCUT2D eigenvalue weighted by molar-refractivity contribution is 9.10. The van der Waals surface area contributed by atoms with E-state index < -0.39 is 0 Å². The summed E-state index contributed by atoms with van der Waals surface area (Å²) in [6, 6.07) is 12.2. The largest absolute Gasteiger partial charge is 0.497 e. The van der Waals surface area contributed by atoms with Gasteiger partial charge in [0.1, 0.15) is 11.5 Å². The van der Waals surface area contributed by atoms with Gasteiger partial charge in [-0.3, -0.25) is 4.79 Å². The van der Waals surface area contributed by atoms with Crippen LogP contribution in [0.5, 0.6) is 11.5 Å². The number of halogens is 1. The highest BCUT2D eigenvalue weighted by atomic mass is 79.9. The van der Waals surface area contributed by atoms with Gasteiger partial charge < -0.3 is 20.5 Å². The van der Waals surface area contributed by atoms with Gasteiger partial charge in [-0.2, -0.15) is 0 Å². The van der Waals surface area contributed by atoms with E-state index in [0.29, 0.717) is 22.9 Å². The fraction of sp³-hybridized carbons (Fsp3) is 0.133. The normalized spacial score (nSPS) is 10.0. The number of carbonyl (C=O) groups is 1. The zero-order chi connectivity index (χ0) is 15.2. The maximum absolute atomic E-state index is 11.8. The van der Waals surface area contributed by atoms with Gasteiger partial charge in [-0.25, -0.2) is 0 Å². The van der Waals surface area contributed by atoms with Crippen LogP contribution in [0.15, 0.2) is 46.9 Å². The van der Waals surface area contributed by atoms with Gasteiger partial charge in [0.15, 0.2) is 6.61 Å². The van der Waals surface area contributed by atoms with Crippen molar-refractivity contribution in [3.8, 4) is 11.5 Å². The van der Waals surface area contributed by atoms with E-state index in [-0.39, 0.29) is 12.5 Å². The lowest BCUT2D eigenvalue weighted by molar-refractivity contribution is -0.118. The second kappa shape index (κ2) is 6.99. The number of nitrogen functional groups attached to an aromatic ring is 1. The number of ether oxygens (including phenoxy) is 2. The molecule has 2 aromatic carbocycles. The summed E-state index contributed by atoms with van der Waals surface area (Å²) in [5, 5.41) is 2.74. The second-order valence-corrected chi connectivity index (χ2v) is 5.20. The summed E-state index contributed by atoms with van der Waals surface area (Å²) in [5.74, 6) is 0.984. The molecule has 0 aliphatic rings. The van der Waals surface area contributed by atoms with Gasteiger partial charge in [-0.15, -0.1) is 0 Å². The highest BCUT2D eigenvalue weighted by Gasteiger charge is 2.06. The number of anilines is 2. The van der Waals surface area contributed by atoms with Crippen molar-refractivity contribution < 1.29 is 14.3 Å². The van der Waals surface area contributed by atoms with E-state index in [2.05, 4.69) is 21.2 Å². The maximum atomic E-state index is 11.8. The molecule has 21 heavy (non-hydrogen) atoms. The number of carbonyl (C=O) groups excluding carboxylic acids is 1. The lowest BCUT2D eigenvalue weighted by Gasteiger charge is -2.09. The lowest BCUT2D eigenvalue weighted by Crippen LogP contribution is -2.20. The number of hydrogen-bond donors (Lipinski definition) is 2. The van der Waals surface area contributed by atoms with Crippen molar-refractivity contribution in [2.75, 3.05) is 24.8 Å². The fourth-order valence-electron chi connectivity index (χ4n) is 1.66. The molecular formula is C15H15BrN2O3. The Morgan fingerprint density at radius 2 is 1.90 bits per heavy atom. The van der Waals surface area contributed by atoms with Crippen LogP contribution >= 0.6 is 15.9 Å². The number of nitrogens with one attached hydrogen (secondary N) is 1. The van der Waals surface area contributed by atoms with Crippen molar-refractivity contribution >= 4 is 33.2 Å². The molecule has 0 aromatic heterocycles. The van der Waals surface area contributed by atoms with E-state index in [1.165, 1.54) is 0 Å². The molecule has 0 atom stereocenters.